The van der Waals surface area contributed by atoms with E-state index in [0.717, 1.165) is 17.3 Å². The molecule has 0 bridgehead atoms. The molecule has 1 N–H and O–H groups in total. The van der Waals surface area contributed by atoms with E-state index in [4.69, 9.17) is 9.52 Å². The van der Waals surface area contributed by atoms with Crippen molar-refractivity contribution in [1.29, 1.82) is 0 Å². The molecule has 84 valence electrons. The first kappa shape index (κ1) is 12.5. The van der Waals surface area contributed by atoms with Crippen LogP contribution in [0.25, 0.3) is 0 Å². The maximum Gasteiger partial charge on any atom is 0.371 e. The highest BCUT2D eigenvalue weighted by atomic mass is 32.2. The SMILES string of the molecule is CSCCCSCc1ccc(C(=O)O)o1. The summed E-state index contributed by atoms with van der Waals surface area (Å²) in [6.45, 7) is 0. The van der Waals surface area contributed by atoms with Gasteiger partial charge in [0.25, 0.3) is 0 Å². The summed E-state index contributed by atoms with van der Waals surface area (Å²) in [4.78, 5) is 10.5. The molecular weight excluding hydrogens is 232 g/mol. The molecule has 0 aliphatic heterocycles. The number of carboxylic acid groups (broad SMARTS) is 1. The Labute approximate surface area is 97.6 Å². The zero-order valence-electron chi connectivity index (χ0n) is 8.56. The Morgan fingerprint density at radius 2 is 2.27 bits per heavy atom. The largest absolute Gasteiger partial charge is 0.475 e. The van der Waals surface area contributed by atoms with Crippen LogP contribution in [-0.4, -0.2) is 28.8 Å². The minimum Gasteiger partial charge on any atom is -0.475 e. The Bertz CT molecular complexity index is 309. The van der Waals surface area contributed by atoms with E-state index in [0.29, 0.717) is 0 Å². The zero-order valence-corrected chi connectivity index (χ0v) is 10.2. The van der Waals surface area contributed by atoms with Crippen molar-refractivity contribution in [2.24, 2.45) is 0 Å². The first-order valence-corrected chi connectivity index (χ1v) is 7.17. The summed E-state index contributed by atoms with van der Waals surface area (Å²) in [6.07, 6.45) is 3.27. The molecule has 0 amide bonds. The summed E-state index contributed by atoms with van der Waals surface area (Å²) in [5.41, 5.74) is 0. The summed E-state index contributed by atoms with van der Waals surface area (Å²) in [5, 5.41) is 8.64. The molecule has 0 spiro atoms. The van der Waals surface area contributed by atoms with Crippen LogP contribution in [0.1, 0.15) is 22.7 Å². The van der Waals surface area contributed by atoms with Crippen LogP contribution in [0.5, 0.6) is 0 Å². The lowest BCUT2D eigenvalue weighted by atomic mass is 10.4. The van der Waals surface area contributed by atoms with Crippen LogP contribution in [0, 0.1) is 0 Å². The molecule has 15 heavy (non-hydrogen) atoms. The van der Waals surface area contributed by atoms with Crippen LogP contribution in [0.2, 0.25) is 0 Å². The Hall–Kier alpha value is -0.550. The normalized spacial score (nSPS) is 10.5. The maximum absolute atomic E-state index is 10.5. The van der Waals surface area contributed by atoms with E-state index in [1.54, 1.807) is 17.8 Å². The minimum atomic E-state index is -1.01. The number of carbonyl (C=O) groups is 1. The van der Waals surface area contributed by atoms with Crippen molar-refractivity contribution >= 4 is 29.5 Å². The zero-order chi connectivity index (χ0) is 11.1. The van der Waals surface area contributed by atoms with Crippen LogP contribution < -0.4 is 0 Å². The summed E-state index contributed by atoms with van der Waals surface area (Å²) >= 11 is 3.61. The van der Waals surface area contributed by atoms with Gasteiger partial charge in [-0.05, 0) is 36.3 Å². The molecule has 0 atom stereocenters. The van der Waals surface area contributed by atoms with Crippen molar-refractivity contribution in [2.45, 2.75) is 12.2 Å². The smallest absolute Gasteiger partial charge is 0.371 e. The van der Waals surface area contributed by atoms with Gasteiger partial charge < -0.3 is 9.52 Å². The van der Waals surface area contributed by atoms with Gasteiger partial charge in [0.15, 0.2) is 0 Å². The van der Waals surface area contributed by atoms with E-state index in [1.807, 2.05) is 11.8 Å². The quantitative estimate of drug-likeness (QED) is 0.750. The first-order chi connectivity index (χ1) is 7.24. The molecule has 0 aliphatic carbocycles. The Morgan fingerprint density at radius 1 is 1.47 bits per heavy atom. The molecule has 0 saturated carbocycles. The number of rotatable bonds is 7. The van der Waals surface area contributed by atoms with Gasteiger partial charge >= 0.3 is 5.97 Å². The Morgan fingerprint density at radius 3 is 2.87 bits per heavy atom. The summed E-state index contributed by atoms with van der Waals surface area (Å²) in [6, 6.07) is 3.23. The van der Waals surface area contributed by atoms with Gasteiger partial charge in [-0.25, -0.2) is 4.79 Å². The standard InChI is InChI=1S/C10H14O3S2/c1-14-5-2-6-15-7-8-3-4-9(13-8)10(11)12/h3-4H,2,5-7H2,1H3,(H,11,12). The number of furan rings is 1. The fourth-order valence-corrected chi connectivity index (χ4v) is 2.51. The average Bonchev–Trinajstić information content (AvgIpc) is 2.66. The average molecular weight is 246 g/mol. The number of aromatic carboxylic acids is 1. The second-order valence-electron chi connectivity index (χ2n) is 2.97. The molecule has 1 heterocycles. The summed E-state index contributed by atoms with van der Waals surface area (Å²) < 4.78 is 5.13. The van der Waals surface area contributed by atoms with Gasteiger partial charge in [-0.15, -0.1) is 0 Å². The van der Waals surface area contributed by atoms with E-state index in [9.17, 15) is 4.79 Å². The van der Waals surface area contributed by atoms with Gasteiger partial charge in [0.05, 0.1) is 5.75 Å². The molecule has 0 aromatic carbocycles. The van der Waals surface area contributed by atoms with Crippen LogP contribution in [0.3, 0.4) is 0 Å². The van der Waals surface area contributed by atoms with Crippen LogP contribution >= 0.6 is 23.5 Å². The molecule has 5 heteroatoms. The van der Waals surface area contributed by atoms with Gasteiger partial charge in [-0.1, -0.05) is 0 Å². The van der Waals surface area contributed by atoms with E-state index in [-0.39, 0.29) is 5.76 Å². The van der Waals surface area contributed by atoms with E-state index >= 15 is 0 Å². The second-order valence-corrected chi connectivity index (χ2v) is 5.06. The second kappa shape index (κ2) is 6.85. The molecule has 0 radical (unpaired) electrons. The van der Waals surface area contributed by atoms with Crippen molar-refractivity contribution in [2.75, 3.05) is 17.8 Å². The third-order valence-electron chi connectivity index (χ3n) is 1.75. The molecule has 0 fully saturated rings. The summed E-state index contributed by atoms with van der Waals surface area (Å²) in [7, 11) is 0. The number of thioether (sulfide) groups is 2. The molecular formula is C10H14O3S2. The molecule has 3 nitrogen and oxygen atoms in total. The van der Waals surface area contributed by atoms with Crippen molar-refractivity contribution in [3.63, 3.8) is 0 Å². The van der Waals surface area contributed by atoms with Gasteiger partial charge in [0, 0.05) is 0 Å². The fourth-order valence-electron chi connectivity index (χ4n) is 1.05. The molecule has 0 saturated heterocycles. The highest BCUT2D eigenvalue weighted by Gasteiger charge is 2.08. The van der Waals surface area contributed by atoms with Crippen LogP contribution in [0.15, 0.2) is 16.5 Å². The highest BCUT2D eigenvalue weighted by Crippen LogP contribution is 2.16. The number of hydrogen-bond acceptors (Lipinski definition) is 4. The number of hydrogen-bond donors (Lipinski definition) is 1. The molecule has 1 aromatic rings. The van der Waals surface area contributed by atoms with E-state index < -0.39 is 5.97 Å². The topological polar surface area (TPSA) is 50.4 Å². The molecule has 1 rings (SSSR count). The van der Waals surface area contributed by atoms with E-state index in [2.05, 4.69) is 6.26 Å². The fraction of sp³-hybridized carbons (Fsp3) is 0.500. The number of carboxylic acids is 1. The maximum atomic E-state index is 10.5. The molecule has 1 aromatic heterocycles. The predicted molar refractivity (Wildman–Crippen MR) is 64.8 cm³/mol. The van der Waals surface area contributed by atoms with E-state index in [1.165, 1.54) is 18.2 Å². The summed E-state index contributed by atoms with van der Waals surface area (Å²) in [5.74, 6) is 2.77. The van der Waals surface area contributed by atoms with Gasteiger partial charge in [-0.3, -0.25) is 0 Å². The Kier molecular flexibility index (Phi) is 5.71. The third-order valence-corrected chi connectivity index (χ3v) is 3.52. The van der Waals surface area contributed by atoms with Crippen molar-refractivity contribution < 1.29 is 14.3 Å². The highest BCUT2D eigenvalue weighted by molar-refractivity contribution is 7.99. The van der Waals surface area contributed by atoms with Gasteiger partial charge in [0.1, 0.15) is 5.76 Å². The molecule has 0 aliphatic rings. The van der Waals surface area contributed by atoms with Crippen LogP contribution in [-0.2, 0) is 5.75 Å². The van der Waals surface area contributed by atoms with Crippen molar-refractivity contribution in [3.05, 3.63) is 23.7 Å². The lowest BCUT2D eigenvalue weighted by Crippen LogP contribution is -1.91. The first-order valence-electron chi connectivity index (χ1n) is 4.62. The molecule has 0 unspecified atom stereocenters. The lowest BCUT2D eigenvalue weighted by Gasteiger charge is -1.97. The van der Waals surface area contributed by atoms with Crippen LogP contribution in [0.4, 0.5) is 0 Å². The third kappa shape index (κ3) is 4.66. The monoisotopic (exact) mass is 246 g/mol. The van der Waals surface area contributed by atoms with Gasteiger partial charge in [0.2, 0.25) is 5.76 Å². The predicted octanol–water partition coefficient (Wildman–Crippen LogP) is 2.96. The minimum absolute atomic E-state index is 0.0229. The Balaban J connectivity index is 2.23. The lowest BCUT2D eigenvalue weighted by molar-refractivity contribution is 0.0661. The van der Waals surface area contributed by atoms with Crippen molar-refractivity contribution in [1.82, 2.24) is 0 Å². The van der Waals surface area contributed by atoms with Gasteiger partial charge in [-0.2, -0.15) is 23.5 Å². The van der Waals surface area contributed by atoms with Crippen molar-refractivity contribution in [3.8, 4) is 0 Å².